The van der Waals surface area contributed by atoms with Crippen molar-refractivity contribution in [2.24, 2.45) is 40.9 Å². The van der Waals surface area contributed by atoms with Crippen molar-refractivity contribution < 1.29 is 10.2 Å². The van der Waals surface area contributed by atoms with Crippen molar-refractivity contribution in [1.82, 2.24) is 0 Å². The highest BCUT2D eigenvalue weighted by Gasteiger charge is 2.57. The van der Waals surface area contributed by atoms with E-state index in [1.807, 2.05) is 0 Å². The molecule has 128 valence electrons. The molecule has 3 saturated carbocycles. The zero-order valence-corrected chi connectivity index (χ0v) is 15.0. The highest BCUT2D eigenvalue weighted by atomic mass is 16.3. The molecule has 0 saturated heterocycles. The molecule has 3 fully saturated rings. The monoisotopic (exact) mass is 308 g/mol. The largest absolute Gasteiger partial charge is 0.393 e. The highest BCUT2D eigenvalue weighted by molar-refractivity contribution is 5.06. The number of rotatable bonds is 2. The summed E-state index contributed by atoms with van der Waals surface area (Å²) in [7, 11) is 0. The maximum atomic E-state index is 11.0. The Kier molecular flexibility index (Phi) is 4.64. The molecular weight excluding hydrogens is 272 g/mol. The Morgan fingerprint density at radius 3 is 2.36 bits per heavy atom. The van der Waals surface area contributed by atoms with Crippen LogP contribution in [0.5, 0.6) is 0 Å². The van der Waals surface area contributed by atoms with Gasteiger partial charge in [0, 0.05) is 0 Å². The Balaban J connectivity index is 1.93. The number of hydrogen-bond donors (Lipinski definition) is 2. The number of fused-ring (bicyclic) bond motifs is 3. The first-order valence-electron chi connectivity index (χ1n) is 9.80. The van der Waals surface area contributed by atoms with Gasteiger partial charge in [0.05, 0.1) is 12.2 Å². The molecule has 3 aliphatic rings. The van der Waals surface area contributed by atoms with Crippen molar-refractivity contribution >= 4 is 0 Å². The minimum Gasteiger partial charge on any atom is -0.393 e. The molecule has 0 radical (unpaired) electrons. The van der Waals surface area contributed by atoms with Crippen molar-refractivity contribution in [3.8, 4) is 0 Å². The van der Waals surface area contributed by atoms with E-state index in [9.17, 15) is 10.2 Å². The van der Waals surface area contributed by atoms with Crippen LogP contribution in [0.2, 0.25) is 0 Å². The van der Waals surface area contributed by atoms with Gasteiger partial charge in [-0.3, -0.25) is 0 Å². The second-order valence-corrected chi connectivity index (χ2v) is 8.91. The summed E-state index contributed by atoms with van der Waals surface area (Å²) >= 11 is 0. The van der Waals surface area contributed by atoms with Gasteiger partial charge in [0.1, 0.15) is 0 Å². The number of hydrogen-bond acceptors (Lipinski definition) is 2. The van der Waals surface area contributed by atoms with Gasteiger partial charge in [0.25, 0.3) is 0 Å². The lowest BCUT2D eigenvalue weighted by molar-refractivity contribution is -0.178. The standard InChI is InChI=1S/C20H36O2/c1-5-16-19-15(11-18(22)20(16,4)6-2)13-9-7-8-12(3)14(13)10-17(19)21/h12-19,21-22H,5-11H2,1-4H3. The van der Waals surface area contributed by atoms with Gasteiger partial charge in [-0.15, -0.1) is 0 Å². The Bertz CT molecular complexity index is 395. The lowest BCUT2D eigenvalue weighted by Gasteiger charge is -2.60. The summed E-state index contributed by atoms with van der Waals surface area (Å²) in [5.74, 6) is 3.65. The third kappa shape index (κ3) is 2.36. The molecule has 0 spiro atoms. The van der Waals surface area contributed by atoms with Crippen molar-refractivity contribution in [3.63, 3.8) is 0 Å². The van der Waals surface area contributed by atoms with Crippen LogP contribution in [0.3, 0.4) is 0 Å². The van der Waals surface area contributed by atoms with Crippen LogP contribution in [0.1, 0.15) is 72.6 Å². The Labute approximate surface area is 136 Å². The molecule has 3 aliphatic carbocycles. The van der Waals surface area contributed by atoms with Gasteiger partial charge >= 0.3 is 0 Å². The molecule has 2 nitrogen and oxygen atoms in total. The van der Waals surface area contributed by atoms with Gasteiger partial charge < -0.3 is 10.2 Å². The van der Waals surface area contributed by atoms with Crippen LogP contribution in [0.4, 0.5) is 0 Å². The lowest BCUT2D eigenvalue weighted by atomic mass is 9.46. The molecule has 2 N–H and O–H groups in total. The van der Waals surface area contributed by atoms with E-state index in [0.717, 1.165) is 37.5 Å². The van der Waals surface area contributed by atoms with Crippen molar-refractivity contribution in [3.05, 3.63) is 0 Å². The van der Waals surface area contributed by atoms with Crippen molar-refractivity contribution in [2.75, 3.05) is 0 Å². The second-order valence-electron chi connectivity index (χ2n) is 8.91. The average Bonchev–Trinajstić information content (AvgIpc) is 2.50. The maximum Gasteiger partial charge on any atom is 0.0599 e. The van der Waals surface area contributed by atoms with Gasteiger partial charge in [-0.2, -0.15) is 0 Å². The van der Waals surface area contributed by atoms with E-state index in [2.05, 4.69) is 27.7 Å². The molecule has 9 atom stereocenters. The molecule has 0 aromatic carbocycles. The first kappa shape index (κ1) is 16.8. The van der Waals surface area contributed by atoms with Crippen LogP contribution in [0.15, 0.2) is 0 Å². The minimum absolute atomic E-state index is 0.00990. The van der Waals surface area contributed by atoms with Crippen LogP contribution >= 0.6 is 0 Å². The fourth-order valence-electron chi connectivity index (χ4n) is 6.82. The van der Waals surface area contributed by atoms with E-state index in [1.54, 1.807) is 0 Å². The summed E-state index contributed by atoms with van der Waals surface area (Å²) in [5, 5.41) is 21.9. The molecule has 0 aromatic heterocycles. The van der Waals surface area contributed by atoms with Crippen molar-refractivity contribution in [2.45, 2.75) is 84.8 Å². The summed E-state index contributed by atoms with van der Waals surface area (Å²) in [6.07, 6.45) is 7.73. The van der Waals surface area contributed by atoms with Crippen molar-refractivity contribution in [1.29, 1.82) is 0 Å². The minimum atomic E-state index is -0.188. The molecule has 3 rings (SSSR count). The molecule has 0 aromatic rings. The SMILES string of the molecule is CCC1C2C(O)CC3C(C)CCCC3C2CC(O)C1(C)CC. The molecule has 0 bridgehead atoms. The van der Waals surface area contributed by atoms with Crippen LogP contribution in [0, 0.1) is 40.9 Å². The van der Waals surface area contributed by atoms with E-state index < -0.39 is 0 Å². The number of aliphatic hydroxyl groups excluding tert-OH is 2. The third-order valence-electron chi connectivity index (χ3n) is 8.25. The Morgan fingerprint density at radius 2 is 1.73 bits per heavy atom. The quantitative estimate of drug-likeness (QED) is 0.801. The Morgan fingerprint density at radius 1 is 1.00 bits per heavy atom. The molecule has 22 heavy (non-hydrogen) atoms. The molecule has 0 aliphatic heterocycles. The van der Waals surface area contributed by atoms with Gasteiger partial charge in [0.15, 0.2) is 0 Å². The van der Waals surface area contributed by atoms with Crippen LogP contribution in [-0.2, 0) is 0 Å². The molecular formula is C20H36O2. The Hall–Kier alpha value is -0.0800. The first-order valence-corrected chi connectivity index (χ1v) is 9.80. The third-order valence-corrected chi connectivity index (χ3v) is 8.25. The molecule has 0 heterocycles. The van der Waals surface area contributed by atoms with Crippen LogP contribution < -0.4 is 0 Å². The predicted octanol–water partition coefficient (Wildman–Crippen LogP) is 4.24. The zero-order chi connectivity index (χ0) is 16.1. The fraction of sp³-hybridized carbons (Fsp3) is 1.00. The van der Waals surface area contributed by atoms with E-state index in [4.69, 9.17) is 0 Å². The topological polar surface area (TPSA) is 40.5 Å². The fourth-order valence-corrected chi connectivity index (χ4v) is 6.82. The van der Waals surface area contributed by atoms with Gasteiger partial charge in [-0.1, -0.05) is 47.0 Å². The van der Waals surface area contributed by atoms with Gasteiger partial charge in [-0.05, 0) is 66.6 Å². The zero-order valence-electron chi connectivity index (χ0n) is 15.0. The second kappa shape index (κ2) is 6.09. The summed E-state index contributed by atoms with van der Waals surface area (Å²) < 4.78 is 0. The van der Waals surface area contributed by atoms with Gasteiger partial charge in [-0.25, -0.2) is 0 Å². The van der Waals surface area contributed by atoms with E-state index in [0.29, 0.717) is 23.7 Å². The first-order chi connectivity index (χ1) is 10.4. The highest BCUT2D eigenvalue weighted by Crippen LogP contribution is 2.60. The van der Waals surface area contributed by atoms with Crippen LogP contribution in [0.25, 0.3) is 0 Å². The summed E-state index contributed by atoms with van der Waals surface area (Å²) in [4.78, 5) is 0. The summed E-state index contributed by atoms with van der Waals surface area (Å²) in [5.41, 5.74) is -0.00990. The lowest BCUT2D eigenvalue weighted by Crippen LogP contribution is -2.59. The predicted molar refractivity (Wildman–Crippen MR) is 90.4 cm³/mol. The number of aliphatic hydroxyl groups is 2. The maximum absolute atomic E-state index is 11.0. The van der Waals surface area contributed by atoms with E-state index in [-0.39, 0.29) is 17.6 Å². The molecule has 2 heteroatoms. The molecule has 0 amide bonds. The van der Waals surface area contributed by atoms with E-state index in [1.165, 1.54) is 19.3 Å². The average molecular weight is 309 g/mol. The van der Waals surface area contributed by atoms with E-state index >= 15 is 0 Å². The molecule has 9 unspecified atom stereocenters. The summed E-state index contributed by atoms with van der Waals surface area (Å²) in [6, 6.07) is 0. The van der Waals surface area contributed by atoms with Gasteiger partial charge in [0.2, 0.25) is 0 Å². The normalized spacial score (nSPS) is 55.4. The summed E-state index contributed by atoms with van der Waals surface area (Å²) in [6.45, 7) is 9.13. The van der Waals surface area contributed by atoms with Crippen LogP contribution in [-0.4, -0.2) is 22.4 Å². The smallest absolute Gasteiger partial charge is 0.0599 e.